The van der Waals surface area contributed by atoms with Gasteiger partial charge in [-0.25, -0.2) is 0 Å². The van der Waals surface area contributed by atoms with Crippen molar-refractivity contribution in [3.05, 3.63) is 58.6 Å². The lowest BCUT2D eigenvalue weighted by atomic mass is 9.79. The average Bonchev–Trinajstić information content (AvgIpc) is 2.62. The molecule has 2 aromatic carbocycles. The summed E-state index contributed by atoms with van der Waals surface area (Å²) in [5, 5.41) is 3.86. The summed E-state index contributed by atoms with van der Waals surface area (Å²) in [7, 11) is 0. The second-order valence-electron chi connectivity index (χ2n) is 6.66. The molecule has 27 heavy (non-hydrogen) atoms. The molecule has 1 N–H and O–H groups in total. The summed E-state index contributed by atoms with van der Waals surface area (Å²) in [6.45, 7) is 4.01. The van der Waals surface area contributed by atoms with Crippen molar-refractivity contribution in [2.24, 2.45) is 5.92 Å². The van der Waals surface area contributed by atoms with Gasteiger partial charge >= 0.3 is 5.97 Å². The first kappa shape index (κ1) is 18.3. The number of nitrogens with one attached hydrogen (secondary N) is 1. The van der Waals surface area contributed by atoms with Crippen molar-refractivity contribution < 1.29 is 14.3 Å². The highest BCUT2D eigenvalue weighted by Crippen LogP contribution is 2.49. The van der Waals surface area contributed by atoms with E-state index in [0.717, 1.165) is 21.5 Å². The molecule has 2 aliphatic rings. The van der Waals surface area contributed by atoms with Crippen LogP contribution in [0.5, 0.6) is 5.75 Å². The van der Waals surface area contributed by atoms with Crippen molar-refractivity contribution in [1.29, 1.82) is 0 Å². The number of halogens is 1. The molecule has 0 saturated carbocycles. The highest BCUT2D eigenvalue weighted by molar-refractivity contribution is 9.10. The number of anilines is 1. The number of hydrogen-bond acceptors (Lipinski definition) is 4. The third kappa shape index (κ3) is 2.89. The van der Waals surface area contributed by atoms with Gasteiger partial charge in [-0.2, -0.15) is 0 Å². The highest BCUT2D eigenvalue weighted by atomic mass is 79.9. The fraction of sp³-hybridized carbons (Fsp3) is 0.300. The van der Waals surface area contributed by atoms with E-state index in [1.54, 1.807) is 6.92 Å². The summed E-state index contributed by atoms with van der Waals surface area (Å²) in [5.74, 6) is -0.151. The minimum atomic E-state index is -1.01. The van der Waals surface area contributed by atoms with Crippen LogP contribution in [0.25, 0.3) is 0 Å². The van der Waals surface area contributed by atoms with E-state index in [4.69, 9.17) is 21.7 Å². The monoisotopic (exact) mass is 446 g/mol. The molecule has 4 rings (SSSR count). The normalized spacial score (nSPS) is 25.9. The van der Waals surface area contributed by atoms with E-state index in [9.17, 15) is 4.79 Å². The van der Waals surface area contributed by atoms with Crippen molar-refractivity contribution in [3.63, 3.8) is 0 Å². The quantitative estimate of drug-likeness (QED) is 0.563. The smallest absolute Gasteiger partial charge is 0.317 e. The van der Waals surface area contributed by atoms with E-state index in [-0.39, 0.29) is 12.0 Å². The van der Waals surface area contributed by atoms with Crippen molar-refractivity contribution in [2.75, 3.05) is 11.5 Å². The Bertz CT molecular complexity index is 904. The van der Waals surface area contributed by atoms with Gasteiger partial charge in [0.1, 0.15) is 11.7 Å². The zero-order valence-corrected chi connectivity index (χ0v) is 17.3. The van der Waals surface area contributed by atoms with Crippen LogP contribution in [-0.4, -0.2) is 23.4 Å². The number of benzene rings is 2. The third-order valence-corrected chi connectivity index (χ3v) is 5.86. The summed E-state index contributed by atoms with van der Waals surface area (Å²) < 4.78 is 12.8. The lowest BCUT2D eigenvalue weighted by molar-refractivity contribution is -0.159. The summed E-state index contributed by atoms with van der Waals surface area (Å²) >= 11 is 9.13. The van der Waals surface area contributed by atoms with Gasteiger partial charge in [-0.3, -0.25) is 9.69 Å². The summed E-state index contributed by atoms with van der Waals surface area (Å²) in [5.41, 5.74) is 0.734. The van der Waals surface area contributed by atoms with Crippen LogP contribution in [0.15, 0.2) is 53.0 Å². The van der Waals surface area contributed by atoms with Crippen LogP contribution < -0.4 is 15.0 Å². The SMILES string of the molecule is CCOC(=O)[C@@H]1[C@H]2NC(=S)N(c3ccc(Br)cc3)[C@@]1(C)Oc1ccccc12. The Hall–Kier alpha value is -2.12. The van der Waals surface area contributed by atoms with Crippen molar-refractivity contribution in [2.45, 2.75) is 25.6 Å². The van der Waals surface area contributed by atoms with Gasteiger partial charge in [0.2, 0.25) is 5.72 Å². The predicted molar refractivity (Wildman–Crippen MR) is 111 cm³/mol. The maximum absolute atomic E-state index is 12.9. The molecule has 0 radical (unpaired) electrons. The fourth-order valence-electron chi connectivity index (χ4n) is 3.90. The van der Waals surface area contributed by atoms with E-state index >= 15 is 0 Å². The molecular formula is C20H19BrN2O3S. The van der Waals surface area contributed by atoms with Crippen LogP contribution >= 0.6 is 28.1 Å². The number of nitrogens with zero attached hydrogens (tertiary/aromatic N) is 1. The number of thiocarbonyl (C=S) groups is 1. The second-order valence-corrected chi connectivity index (χ2v) is 7.97. The number of fused-ring (bicyclic) bond motifs is 4. The third-order valence-electron chi connectivity index (χ3n) is 5.03. The summed E-state index contributed by atoms with van der Waals surface area (Å²) in [6, 6.07) is 15.2. The molecule has 2 bridgehead atoms. The lowest BCUT2D eigenvalue weighted by Crippen LogP contribution is -2.71. The maximum atomic E-state index is 12.9. The van der Waals surface area contributed by atoms with Crippen LogP contribution in [0.4, 0.5) is 5.69 Å². The number of hydrogen-bond donors (Lipinski definition) is 1. The van der Waals surface area contributed by atoms with Crippen molar-refractivity contribution in [3.8, 4) is 5.75 Å². The van der Waals surface area contributed by atoms with Crippen LogP contribution in [0.1, 0.15) is 25.5 Å². The zero-order chi connectivity index (χ0) is 19.2. The predicted octanol–water partition coefficient (Wildman–Crippen LogP) is 4.17. The number of ether oxygens (including phenoxy) is 2. The molecule has 3 atom stereocenters. The van der Waals surface area contributed by atoms with Crippen LogP contribution in [0.2, 0.25) is 0 Å². The first-order chi connectivity index (χ1) is 13.0. The Balaban J connectivity index is 1.88. The van der Waals surface area contributed by atoms with Gasteiger partial charge in [0.05, 0.1) is 12.6 Å². The van der Waals surface area contributed by atoms with Crippen molar-refractivity contribution in [1.82, 2.24) is 5.32 Å². The Kier molecular flexibility index (Phi) is 4.60. The summed E-state index contributed by atoms with van der Waals surface area (Å²) in [6.07, 6.45) is 0. The molecule has 2 aliphatic heterocycles. The minimum absolute atomic E-state index is 0.307. The summed E-state index contributed by atoms with van der Waals surface area (Å²) in [4.78, 5) is 14.8. The molecule has 5 nitrogen and oxygen atoms in total. The number of carbonyl (C=O) groups is 1. The Morgan fingerprint density at radius 1 is 1.30 bits per heavy atom. The van der Waals surface area contributed by atoms with Gasteiger partial charge in [-0.1, -0.05) is 34.1 Å². The Morgan fingerprint density at radius 2 is 2.00 bits per heavy atom. The van der Waals surface area contributed by atoms with Crippen molar-refractivity contribution >= 4 is 44.9 Å². The van der Waals surface area contributed by atoms with Crippen LogP contribution in [0.3, 0.4) is 0 Å². The van der Waals surface area contributed by atoms with Gasteiger partial charge in [0, 0.05) is 15.7 Å². The lowest BCUT2D eigenvalue weighted by Gasteiger charge is -2.55. The fourth-order valence-corrected chi connectivity index (χ4v) is 4.58. The van der Waals surface area contributed by atoms with E-state index in [0.29, 0.717) is 11.7 Å². The van der Waals surface area contributed by atoms with Gasteiger partial charge < -0.3 is 14.8 Å². The molecule has 0 amide bonds. The maximum Gasteiger partial charge on any atom is 0.317 e. The van der Waals surface area contributed by atoms with Gasteiger partial charge in [0.25, 0.3) is 0 Å². The number of para-hydroxylation sites is 1. The van der Waals surface area contributed by atoms with Gasteiger partial charge in [0.15, 0.2) is 5.11 Å². The molecule has 0 spiro atoms. The van der Waals surface area contributed by atoms with E-state index in [1.165, 1.54) is 0 Å². The molecule has 7 heteroatoms. The molecule has 140 valence electrons. The first-order valence-corrected chi connectivity index (χ1v) is 9.96. The number of rotatable bonds is 3. The highest BCUT2D eigenvalue weighted by Gasteiger charge is 2.59. The van der Waals surface area contributed by atoms with Gasteiger partial charge in [-0.15, -0.1) is 0 Å². The minimum Gasteiger partial charge on any atom is -0.466 e. The van der Waals surface area contributed by atoms with E-state index in [2.05, 4.69) is 21.2 Å². The largest absolute Gasteiger partial charge is 0.466 e. The standard InChI is InChI=1S/C20H19BrN2O3S/c1-3-25-18(24)16-17-14-6-4-5-7-15(14)26-20(16,2)23(19(27)22-17)13-10-8-12(21)9-11-13/h4-11,16-17H,3H2,1-2H3,(H,22,27)/t16-,17-,20-/m0/s1. The number of carbonyl (C=O) groups excluding carboxylic acids is 1. The Morgan fingerprint density at radius 3 is 2.70 bits per heavy atom. The van der Waals surface area contributed by atoms with Crippen LogP contribution in [0, 0.1) is 5.92 Å². The molecule has 0 aromatic heterocycles. The molecule has 1 saturated heterocycles. The van der Waals surface area contributed by atoms with Crippen LogP contribution in [-0.2, 0) is 9.53 Å². The molecule has 2 heterocycles. The zero-order valence-electron chi connectivity index (χ0n) is 14.9. The Labute approximate surface area is 171 Å². The van der Waals surface area contributed by atoms with Gasteiger partial charge in [-0.05, 0) is 56.4 Å². The van der Waals surface area contributed by atoms with E-state index in [1.807, 2.05) is 60.4 Å². The molecular weight excluding hydrogens is 428 g/mol. The molecule has 0 aliphatic carbocycles. The number of esters is 1. The average molecular weight is 447 g/mol. The van der Waals surface area contributed by atoms with E-state index < -0.39 is 11.6 Å². The second kappa shape index (κ2) is 6.80. The molecule has 1 fully saturated rings. The molecule has 0 unspecified atom stereocenters. The topological polar surface area (TPSA) is 50.8 Å². The first-order valence-electron chi connectivity index (χ1n) is 8.76. The molecule has 2 aromatic rings.